The van der Waals surface area contributed by atoms with E-state index in [1.54, 1.807) is 12.1 Å². The molecule has 1 heterocycles. The van der Waals surface area contributed by atoms with Crippen LogP contribution in [0.4, 0.5) is 0 Å². The van der Waals surface area contributed by atoms with Gasteiger partial charge in [0.1, 0.15) is 0 Å². The van der Waals surface area contributed by atoms with Crippen molar-refractivity contribution < 1.29 is 9.59 Å². The highest BCUT2D eigenvalue weighted by atomic mass is 35.5. The zero-order valence-corrected chi connectivity index (χ0v) is 17.0. The Hall–Kier alpha value is -1.07. The van der Waals surface area contributed by atoms with E-state index >= 15 is 0 Å². The number of carbonyl (C=O) groups is 2. The molecule has 1 unspecified atom stereocenters. The number of carbonyl (C=O) groups excluding carboxylic acids is 2. The van der Waals surface area contributed by atoms with Gasteiger partial charge in [-0.3, -0.25) is 9.59 Å². The topological polar surface area (TPSA) is 58.2 Å². The first-order valence-electron chi connectivity index (χ1n) is 9.88. The van der Waals surface area contributed by atoms with E-state index in [2.05, 4.69) is 17.6 Å². The lowest BCUT2D eigenvalue weighted by Gasteiger charge is -2.30. The van der Waals surface area contributed by atoms with Crippen LogP contribution in [0.25, 0.3) is 0 Å². The van der Waals surface area contributed by atoms with Gasteiger partial charge in [0.05, 0.1) is 9.21 Å². The van der Waals surface area contributed by atoms with Gasteiger partial charge in [0.25, 0.3) is 5.91 Å². The summed E-state index contributed by atoms with van der Waals surface area (Å²) in [6.45, 7) is 2.06. The minimum atomic E-state index is -0.0421. The summed E-state index contributed by atoms with van der Waals surface area (Å²) in [5.74, 6) is 1.02. The fraction of sp³-hybridized carbons (Fsp3) is 0.700. The maximum absolute atomic E-state index is 12.5. The van der Waals surface area contributed by atoms with Crippen molar-refractivity contribution in [1.82, 2.24) is 10.6 Å². The molecule has 2 amide bonds. The molecule has 6 heteroatoms. The van der Waals surface area contributed by atoms with Crippen LogP contribution in [-0.2, 0) is 4.79 Å². The van der Waals surface area contributed by atoms with Crippen molar-refractivity contribution in [2.24, 2.45) is 11.8 Å². The molecule has 0 aliphatic heterocycles. The molecule has 3 rings (SSSR count). The van der Waals surface area contributed by atoms with E-state index < -0.39 is 0 Å². The van der Waals surface area contributed by atoms with Gasteiger partial charge < -0.3 is 10.6 Å². The second-order valence-corrected chi connectivity index (χ2v) is 9.64. The van der Waals surface area contributed by atoms with E-state index in [1.165, 1.54) is 37.0 Å². The standard InChI is InChI=1S/C20H29ClN2O2S/c1-13(12-14-4-2-3-5-14)19(24)22-15-6-8-16(9-7-15)23-20(25)17-10-11-18(21)26-17/h10-11,13-16H,2-9,12H2,1H3,(H,22,24)(H,23,25). The van der Waals surface area contributed by atoms with Crippen LogP contribution in [0.15, 0.2) is 12.1 Å². The third kappa shape index (κ3) is 5.46. The van der Waals surface area contributed by atoms with E-state index in [9.17, 15) is 9.59 Å². The number of amides is 2. The molecule has 2 aliphatic carbocycles. The van der Waals surface area contributed by atoms with E-state index in [1.807, 2.05) is 0 Å². The Morgan fingerprint density at radius 2 is 1.69 bits per heavy atom. The largest absolute Gasteiger partial charge is 0.353 e. The second-order valence-electron chi connectivity index (χ2n) is 7.92. The minimum absolute atomic E-state index is 0.0421. The molecule has 0 spiro atoms. The van der Waals surface area contributed by atoms with E-state index in [0.717, 1.165) is 38.0 Å². The molecule has 2 N–H and O–H groups in total. The van der Waals surface area contributed by atoms with Gasteiger partial charge in [-0.25, -0.2) is 0 Å². The number of nitrogens with one attached hydrogen (secondary N) is 2. The third-order valence-corrected chi connectivity index (χ3v) is 7.04. The van der Waals surface area contributed by atoms with Crippen LogP contribution in [-0.4, -0.2) is 23.9 Å². The first-order valence-corrected chi connectivity index (χ1v) is 11.1. The summed E-state index contributed by atoms with van der Waals surface area (Å²) in [7, 11) is 0. The van der Waals surface area contributed by atoms with Gasteiger partial charge in [-0.2, -0.15) is 0 Å². The molecule has 1 aromatic rings. The van der Waals surface area contributed by atoms with Gasteiger partial charge in [0, 0.05) is 18.0 Å². The Labute approximate surface area is 165 Å². The summed E-state index contributed by atoms with van der Waals surface area (Å²) in [5.41, 5.74) is 0. The van der Waals surface area contributed by atoms with Crippen LogP contribution in [0.1, 0.15) is 74.4 Å². The molecule has 2 saturated carbocycles. The lowest BCUT2D eigenvalue weighted by molar-refractivity contribution is -0.126. The lowest BCUT2D eigenvalue weighted by Crippen LogP contribution is -2.45. The predicted molar refractivity (Wildman–Crippen MR) is 107 cm³/mol. The highest BCUT2D eigenvalue weighted by Crippen LogP contribution is 2.30. The summed E-state index contributed by atoms with van der Waals surface area (Å²) in [5, 5.41) is 6.33. The maximum Gasteiger partial charge on any atom is 0.261 e. The van der Waals surface area contributed by atoms with Crippen LogP contribution in [0.2, 0.25) is 4.34 Å². The van der Waals surface area contributed by atoms with Gasteiger partial charge in [-0.15, -0.1) is 11.3 Å². The number of rotatable bonds is 6. The highest BCUT2D eigenvalue weighted by molar-refractivity contribution is 7.18. The average Bonchev–Trinajstić information content (AvgIpc) is 3.28. The molecule has 1 aromatic heterocycles. The predicted octanol–water partition coefficient (Wildman–Crippen LogP) is 4.78. The van der Waals surface area contributed by atoms with Gasteiger partial charge in [-0.05, 0) is 50.2 Å². The van der Waals surface area contributed by atoms with E-state index in [-0.39, 0.29) is 29.8 Å². The van der Waals surface area contributed by atoms with Gasteiger partial charge >= 0.3 is 0 Å². The number of hydrogen-bond donors (Lipinski definition) is 2. The fourth-order valence-corrected chi connectivity index (χ4v) is 5.22. The van der Waals surface area contributed by atoms with E-state index in [0.29, 0.717) is 9.21 Å². The minimum Gasteiger partial charge on any atom is -0.353 e. The molecule has 144 valence electrons. The van der Waals surface area contributed by atoms with Crippen molar-refractivity contribution in [2.45, 2.75) is 76.8 Å². The Morgan fingerprint density at radius 3 is 2.27 bits per heavy atom. The highest BCUT2D eigenvalue weighted by Gasteiger charge is 2.27. The number of thiophene rings is 1. The summed E-state index contributed by atoms with van der Waals surface area (Å²) < 4.78 is 0.633. The smallest absolute Gasteiger partial charge is 0.261 e. The van der Waals surface area contributed by atoms with Crippen molar-refractivity contribution in [3.05, 3.63) is 21.3 Å². The maximum atomic E-state index is 12.5. The second kappa shape index (κ2) is 9.23. The van der Waals surface area contributed by atoms with Gasteiger partial charge in [0.15, 0.2) is 0 Å². The zero-order valence-electron chi connectivity index (χ0n) is 15.4. The first-order chi connectivity index (χ1) is 12.5. The molecule has 2 fully saturated rings. The number of hydrogen-bond acceptors (Lipinski definition) is 3. The van der Waals surface area contributed by atoms with Crippen molar-refractivity contribution in [3.8, 4) is 0 Å². The first kappa shape index (κ1) is 19.7. The van der Waals surface area contributed by atoms with Crippen LogP contribution in [0.3, 0.4) is 0 Å². The zero-order chi connectivity index (χ0) is 18.5. The van der Waals surface area contributed by atoms with Crippen LogP contribution < -0.4 is 10.6 Å². The lowest BCUT2D eigenvalue weighted by atomic mass is 9.89. The molecule has 0 bridgehead atoms. The molecule has 0 aromatic carbocycles. The summed E-state index contributed by atoms with van der Waals surface area (Å²) in [6.07, 6.45) is 9.94. The Kier molecular flexibility index (Phi) is 6.98. The van der Waals surface area contributed by atoms with E-state index in [4.69, 9.17) is 11.6 Å². The molecular formula is C20H29ClN2O2S. The normalized spacial score (nSPS) is 25.0. The van der Waals surface area contributed by atoms with Crippen molar-refractivity contribution in [1.29, 1.82) is 0 Å². The van der Waals surface area contributed by atoms with Crippen LogP contribution in [0.5, 0.6) is 0 Å². The Balaban J connectivity index is 1.37. The van der Waals surface area contributed by atoms with Gasteiger partial charge in [0.2, 0.25) is 5.91 Å². The van der Waals surface area contributed by atoms with Crippen molar-refractivity contribution in [3.63, 3.8) is 0 Å². The molecule has 0 saturated heterocycles. The van der Waals surface area contributed by atoms with Crippen molar-refractivity contribution >= 4 is 34.8 Å². The number of halogens is 1. The molecule has 4 nitrogen and oxygen atoms in total. The summed E-state index contributed by atoms with van der Waals surface area (Å²) >= 11 is 7.20. The van der Waals surface area contributed by atoms with Crippen LogP contribution >= 0.6 is 22.9 Å². The fourth-order valence-electron chi connectivity index (χ4n) is 4.27. The monoisotopic (exact) mass is 396 g/mol. The Bertz CT molecular complexity index is 619. The summed E-state index contributed by atoms with van der Waals surface area (Å²) in [4.78, 5) is 25.3. The average molecular weight is 397 g/mol. The Morgan fingerprint density at radius 1 is 1.08 bits per heavy atom. The van der Waals surface area contributed by atoms with Crippen molar-refractivity contribution in [2.75, 3.05) is 0 Å². The molecule has 26 heavy (non-hydrogen) atoms. The summed E-state index contributed by atoms with van der Waals surface area (Å²) in [6, 6.07) is 3.95. The quantitative estimate of drug-likeness (QED) is 0.727. The molecule has 1 atom stereocenters. The SMILES string of the molecule is CC(CC1CCCC1)C(=O)NC1CCC(NC(=O)c2ccc(Cl)s2)CC1. The molecule has 2 aliphatic rings. The third-order valence-electron chi connectivity index (χ3n) is 5.81. The van der Waals surface area contributed by atoms with Gasteiger partial charge in [-0.1, -0.05) is 44.2 Å². The van der Waals surface area contributed by atoms with Crippen LogP contribution in [0, 0.1) is 11.8 Å². The molecular weight excluding hydrogens is 368 g/mol. The molecule has 0 radical (unpaired) electrons.